The third kappa shape index (κ3) is 217. The molecule has 7 nitrogen and oxygen atoms in total. The minimum absolute atomic E-state index is 0.833. The fourth-order valence-corrected chi connectivity index (χ4v) is 0.0456. The highest BCUT2D eigenvalue weighted by Gasteiger charge is 1.87. The van der Waals surface area contributed by atoms with Crippen LogP contribution in [0.25, 0.3) is 0 Å². The minimum atomic E-state index is -0.852. The smallest absolute Gasteiger partial charge is 0.410 e. The number of nitriles is 1. The Morgan fingerprint density at radius 1 is 1.14 bits per heavy atom. The number of aliphatic carboxylic acids is 2. The first-order chi connectivity index (χ1) is 6.27. The lowest BCUT2D eigenvalue weighted by Crippen LogP contribution is -1.92. The Balaban J connectivity index is -0.000000135. The highest BCUT2D eigenvalue weighted by Crippen LogP contribution is 1.61. The van der Waals surface area contributed by atoms with Gasteiger partial charge in [0.15, 0.2) is 6.07 Å². The van der Waals surface area contributed by atoms with E-state index < -0.39 is 17.9 Å². The number of nitrogens with zero attached hydrogens (tertiary/aromatic N) is 1. The van der Waals surface area contributed by atoms with E-state index in [9.17, 15) is 4.79 Å². The molecule has 0 aliphatic carbocycles. The minimum Gasteiger partial charge on any atom is -0.481 e. The van der Waals surface area contributed by atoms with Gasteiger partial charge in [-0.05, 0) is 0 Å². The number of carboxylic acid groups (broad SMARTS) is 2. The highest BCUT2D eigenvalue weighted by molar-refractivity contribution is 5.85. The number of hydrogen-bond donors (Lipinski definition) is 2. The van der Waals surface area contributed by atoms with Gasteiger partial charge in [0, 0.05) is 13.8 Å². The molecule has 0 bridgehead atoms. The van der Waals surface area contributed by atoms with Gasteiger partial charge in [0.1, 0.15) is 0 Å². The summed E-state index contributed by atoms with van der Waals surface area (Å²) < 4.78 is 3.90. The lowest BCUT2D eigenvalue weighted by atomic mass is 10.8. The molecule has 0 amide bonds. The van der Waals surface area contributed by atoms with E-state index in [4.69, 9.17) is 25.1 Å². The lowest BCUT2D eigenvalue weighted by molar-refractivity contribution is -0.135. The Bertz CT molecular complexity index is 209. The molecule has 0 aliphatic rings. The number of carboxylic acids is 2. The summed E-state index contributed by atoms with van der Waals surface area (Å²) >= 11 is 0. The Hall–Kier alpha value is -2.10. The van der Waals surface area contributed by atoms with Gasteiger partial charge in [-0.25, -0.2) is 4.79 Å². The summed E-state index contributed by atoms with van der Waals surface area (Å²) in [4.78, 5) is 27.6. The Morgan fingerprint density at radius 2 is 1.36 bits per heavy atom. The summed E-state index contributed by atoms with van der Waals surface area (Å²) in [6.45, 7) is 2.17. The molecule has 0 aliphatic heterocycles. The number of carbonyl (C=O) groups excluding carboxylic acids is 1. The molecule has 0 saturated heterocycles. The van der Waals surface area contributed by atoms with Crippen LogP contribution in [0, 0.1) is 11.3 Å². The van der Waals surface area contributed by atoms with Crippen LogP contribution in [-0.4, -0.2) is 35.2 Å². The molecule has 80 valence electrons. The van der Waals surface area contributed by atoms with Crippen LogP contribution in [0.3, 0.4) is 0 Å². The monoisotopic (exact) mass is 205 g/mol. The van der Waals surface area contributed by atoms with Crippen molar-refractivity contribution in [1.82, 2.24) is 0 Å². The standard InChI is InChI=1S/C3H3NO2.2C2H4O2/c1-6-3(5)2-4;2*1-2(3)4/h1H3;2*1H3,(H,3,4). The maximum Gasteiger partial charge on any atom is 0.410 e. The second-order valence-electron chi connectivity index (χ2n) is 1.64. The van der Waals surface area contributed by atoms with Crippen molar-refractivity contribution in [1.29, 1.82) is 5.26 Å². The number of esters is 1. The summed E-state index contributed by atoms with van der Waals surface area (Å²) in [5, 5.41) is 22.4. The van der Waals surface area contributed by atoms with Crippen LogP contribution in [-0.2, 0) is 19.1 Å². The van der Waals surface area contributed by atoms with E-state index >= 15 is 0 Å². The van der Waals surface area contributed by atoms with Crippen LogP contribution in [0.2, 0.25) is 0 Å². The third-order valence-electron chi connectivity index (χ3n) is 0.277. The first-order valence-corrected chi connectivity index (χ1v) is 3.15. The molecule has 0 atom stereocenters. The molecular weight excluding hydrogens is 194 g/mol. The topological polar surface area (TPSA) is 125 Å². The maximum absolute atomic E-state index is 9.60. The molecule has 0 heterocycles. The Kier molecular flexibility index (Phi) is 17.2. The fraction of sp³-hybridized carbons (Fsp3) is 0.429. The zero-order valence-corrected chi connectivity index (χ0v) is 7.97. The quantitative estimate of drug-likeness (QED) is 0.416. The van der Waals surface area contributed by atoms with E-state index in [1.54, 1.807) is 0 Å². The molecule has 0 spiro atoms. The molecule has 0 radical (unpaired) electrons. The molecule has 7 heteroatoms. The number of hydrogen-bond acceptors (Lipinski definition) is 5. The van der Waals surface area contributed by atoms with Crippen molar-refractivity contribution in [3.8, 4) is 6.07 Å². The van der Waals surface area contributed by atoms with Crippen molar-refractivity contribution in [2.24, 2.45) is 0 Å². The normalized spacial score (nSPS) is 6.14. The van der Waals surface area contributed by atoms with Crippen molar-refractivity contribution in [2.75, 3.05) is 7.11 Å². The van der Waals surface area contributed by atoms with Gasteiger partial charge in [0.05, 0.1) is 7.11 Å². The molecule has 0 unspecified atom stereocenters. The zero-order chi connectivity index (χ0) is 12.1. The summed E-state index contributed by atoms with van der Waals surface area (Å²) in [5.41, 5.74) is 0. The van der Waals surface area contributed by atoms with E-state index in [1.807, 2.05) is 0 Å². The van der Waals surface area contributed by atoms with Crippen LogP contribution in [0.15, 0.2) is 0 Å². The van der Waals surface area contributed by atoms with E-state index in [1.165, 1.54) is 6.07 Å². The summed E-state index contributed by atoms with van der Waals surface area (Å²) in [7, 11) is 1.16. The molecule has 0 rings (SSSR count). The third-order valence-corrected chi connectivity index (χ3v) is 0.277. The van der Waals surface area contributed by atoms with E-state index in [-0.39, 0.29) is 0 Å². The summed E-state index contributed by atoms with van der Waals surface area (Å²) in [5.74, 6) is -2.52. The maximum atomic E-state index is 9.60. The van der Waals surface area contributed by atoms with Crippen LogP contribution < -0.4 is 0 Å². The molecule has 14 heavy (non-hydrogen) atoms. The van der Waals surface area contributed by atoms with E-state index in [0.29, 0.717) is 0 Å². The first kappa shape index (κ1) is 17.8. The highest BCUT2D eigenvalue weighted by atomic mass is 16.5. The predicted octanol–water partition coefficient (Wildman–Crippen LogP) is -0.135. The summed E-state index contributed by atoms with van der Waals surface area (Å²) in [6, 6.07) is 1.25. The zero-order valence-electron chi connectivity index (χ0n) is 7.97. The molecule has 0 aromatic rings. The van der Waals surface area contributed by atoms with Gasteiger partial charge in [-0.1, -0.05) is 0 Å². The van der Waals surface area contributed by atoms with Crippen molar-refractivity contribution < 1.29 is 29.3 Å². The lowest BCUT2D eigenvalue weighted by Gasteiger charge is -1.77. The molecule has 2 N–H and O–H groups in total. The van der Waals surface area contributed by atoms with Gasteiger partial charge in [-0.2, -0.15) is 5.26 Å². The second-order valence-corrected chi connectivity index (χ2v) is 1.64. The van der Waals surface area contributed by atoms with Gasteiger partial charge in [0.25, 0.3) is 11.9 Å². The molecule has 0 saturated carbocycles. The number of methoxy groups -OCH3 is 1. The van der Waals surface area contributed by atoms with Crippen LogP contribution in [0.1, 0.15) is 13.8 Å². The average molecular weight is 205 g/mol. The largest absolute Gasteiger partial charge is 0.481 e. The molecule has 0 aromatic heterocycles. The van der Waals surface area contributed by atoms with Crippen molar-refractivity contribution in [2.45, 2.75) is 13.8 Å². The van der Waals surface area contributed by atoms with Gasteiger partial charge in [-0.3, -0.25) is 9.59 Å². The van der Waals surface area contributed by atoms with Crippen LogP contribution >= 0.6 is 0 Å². The van der Waals surface area contributed by atoms with Gasteiger partial charge in [0.2, 0.25) is 0 Å². The summed E-state index contributed by atoms with van der Waals surface area (Å²) in [6.07, 6.45) is 0. The number of ether oxygens (including phenoxy) is 1. The second kappa shape index (κ2) is 13.5. The van der Waals surface area contributed by atoms with Gasteiger partial charge >= 0.3 is 5.97 Å². The Morgan fingerprint density at radius 3 is 1.36 bits per heavy atom. The van der Waals surface area contributed by atoms with E-state index in [0.717, 1.165) is 21.0 Å². The van der Waals surface area contributed by atoms with Crippen LogP contribution in [0.5, 0.6) is 0 Å². The van der Waals surface area contributed by atoms with Crippen molar-refractivity contribution >= 4 is 17.9 Å². The molecule has 0 fully saturated rings. The van der Waals surface area contributed by atoms with Gasteiger partial charge in [-0.15, -0.1) is 0 Å². The number of carbonyl (C=O) groups is 3. The van der Waals surface area contributed by atoms with Crippen molar-refractivity contribution in [3.05, 3.63) is 0 Å². The van der Waals surface area contributed by atoms with E-state index in [2.05, 4.69) is 4.74 Å². The van der Waals surface area contributed by atoms with Gasteiger partial charge < -0.3 is 14.9 Å². The van der Waals surface area contributed by atoms with Crippen molar-refractivity contribution in [3.63, 3.8) is 0 Å². The number of rotatable bonds is 0. The fourth-order valence-electron chi connectivity index (χ4n) is 0.0456. The Labute approximate surface area is 80.5 Å². The molecular formula is C7H11NO6. The SMILES string of the molecule is CC(=O)O.CC(=O)O.COC(=O)C#N. The first-order valence-electron chi connectivity index (χ1n) is 3.15. The van der Waals surface area contributed by atoms with Crippen LogP contribution in [0.4, 0.5) is 0 Å². The predicted molar refractivity (Wildman–Crippen MR) is 44.2 cm³/mol. The molecule has 0 aromatic carbocycles. The average Bonchev–Trinajstić information content (AvgIpc) is 2.01.